The molecule has 3 aromatic rings. The predicted octanol–water partition coefficient (Wildman–Crippen LogP) is 3.91. The second-order valence-electron chi connectivity index (χ2n) is 7.02. The summed E-state index contributed by atoms with van der Waals surface area (Å²) >= 11 is 7.43. The SMILES string of the molecule is CCC[C@H](O)CN(CCOC)Cc1nc2scc(-c3ccc(Cl)cc3)c2c(=O)[nH]1. The quantitative estimate of drug-likeness (QED) is 0.504. The molecule has 0 aliphatic rings. The van der Waals surface area contributed by atoms with Crippen LogP contribution in [0.1, 0.15) is 25.6 Å². The predicted molar refractivity (Wildman–Crippen MR) is 119 cm³/mol. The number of ether oxygens (including phenoxy) is 1. The maximum absolute atomic E-state index is 12.8. The smallest absolute Gasteiger partial charge is 0.260 e. The summed E-state index contributed by atoms with van der Waals surface area (Å²) in [7, 11) is 1.65. The molecular weight excluding hydrogens is 410 g/mol. The lowest BCUT2D eigenvalue weighted by Gasteiger charge is -2.24. The van der Waals surface area contributed by atoms with Crippen molar-refractivity contribution < 1.29 is 9.84 Å². The first kappa shape index (κ1) is 21.9. The minimum Gasteiger partial charge on any atom is -0.392 e. The van der Waals surface area contributed by atoms with Crippen molar-refractivity contribution in [3.05, 3.63) is 50.8 Å². The number of rotatable bonds is 10. The monoisotopic (exact) mass is 435 g/mol. The highest BCUT2D eigenvalue weighted by molar-refractivity contribution is 7.17. The van der Waals surface area contributed by atoms with E-state index in [2.05, 4.69) is 14.9 Å². The van der Waals surface area contributed by atoms with Crippen LogP contribution < -0.4 is 5.56 Å². The van der Waals surface area contributed by atoms with Crippen LogP contribution in [-0.2, 0) is 11.3 Å². The number of fused-ring (bicyclic) bond motifs is 1. The molecule has 156 valence electrons. The van der Waals surface area contributed by atoms with Crippen LogP contribution in [0.15, 0.2) is 34.4 Å². The molecule has 0 fully saturated rings. The van der Waals surface area contributed by atoms with Crippen molar-refractivity contribution in [2.24, 2.45) is 0 Å². The Balaban J connectivity index is 1.86. The standard InChI is InChI=1S/C21H26ClN3O3S/c1-3-4-16(26)11-25(9-10-28-2)12-18-23-20(27)19-17(13-29-21(19)24-18)14-5-7-15(22)8-6-14/h5-8,13,16,26H,3-4,9-12H2,1-2H3,(H,23,24,27)/t16-/m0/s1. The molecule has 0 unspecified atom stereocenters. The molecule has 29 heavy (non-hydrogen) atoms. The molecule has 0 amide bonds. The van der Waals surface area contributed by atoms with Gasteiger partial charge in [-0.2, -0.15) is 0 Å². The van der Waals surface area contributed by atoms with E-state index < -0.39 is 6.10 Å². The summed E-state index contributed by atoms with van der Waals surface area (Å²) in [5.41, 5.74) is 1.64. The molecule has 0 spiro atoms. The average Bonchev–Trinajstić information content (AvgIpc) is 3.11. The summed E-state index contributed by atoms with van der Waals surface area (Å²) in [4.78, 5) is 23.2. The zero-order valence-corrected chi connectivity index (χ0v) is 18.2. The fourth-order valence-corrected chi connectivity index (χ4v) is 4.39. The lowest BCUT2D eigenvalue weighted by atomic mass is 10.1. The molecule has 0 saturated heterocycles. The summed E-state index contributed by atoms with van der Waals surface area (Å²) in [5, 5.41) is 13.4. The van der Waals surface area contributed by atoms with E-state index in [9.17, 15) is 9.90 Å². The van der Waals surface area contributed by atoms with Crippen LogP contribution in [0, 0.1) is 0 Å². The third-order valence-corrected chi connectivity index (χ3v) is 5.85. The van der Waals surface area contributed by atoms with Gasteiger partial charge in [-0.1, -0.05) is 37.1 Å². The number of hydrogen-bond donors (Lipinski definition) is 2. The molecule has 0 saturated carbocycles. The molecule has 0 aliphatic carbocycles. The molecule has 0 bridgehead atoms. The number of aromatic amines is 1. The lowest BCUT2D eigenvalue weighted by Crippen LogP contribution is -2.35. The number of benzene rings is 1. The number of H-pyrrole nitrogens is 1. The number of halogens is 1. The second-order valence-corrected chi connectivity index (χ2v) is 8.31. The Bertz CT molecular complexity index is 987. The topological polar surface area (TPSA) is 78.5 Å². The largest absolute Gasteiger partial charge is 0.392 e. The van der Waals surface area contributed by atoms with Gasteiger partial charge >= 0.3 is 0 Å². The molecule has 2 aromatic heterocycles. The number of aliphatic hydroxyl groups is 1. The molecule has 1 aromatic carbocycles. The van der Waals surface area contributed by atoms with Crippen LogP contribution in [0.2, 0.25) is 5.02 Å². The highest BCUT2D eigenvalue weighted by Crippen LogP contribution is 2.31. The molecule has 0 radical (unpaired) electrons. The van der Waals surface area contributed by atoms with Gasteiger partial charge in [0.15, 0.2) is 0 Å². The molecule has 3 rings (SSSR count). The minimum absolute atomic E-state index is 0.156. The van der Waals surface area contributed by atoms with E-state index in [1.807, 2.05) is 36.6 Å². The van der Waals surface area contributed by atoms with Gasteiger partial charge in [-0.25, -0.2) is 4.98 Å². The van der Waals surface area contributed by atoms with E-state index in [1.165, 1.54) is 11.3 Å². The number of aromatic nitrogens is 2. The van der Waals surface area contributed by atoms with Gasteiger partial charge in [-0.05, 0) is 24.1 Å². The molecule has 2 heterocycles. The van der Waals surface area contributed by atoms with Crippen molar-refractivity contribution in [1.82, 2.24) is 14.9 Å². The first-order chi connectivity index (χ1) is 14.0. The highest BCUT2D eigenvalue weighted by Gasteiger charge is 2.16. The zero-order chi connectivity index (χ0) is 20.8. The van der Waals surface area contributed by atoms with Gasteiger partial charge in [0.25, 0.3) is 5.56 Å². The van der Waals surface area contributed by atoms with Crippen LogP contribution in [-0.4, -0.2) is 52.9 Å². The van der Waals surface area contributed by atoms with Crippen LogP contribution in [0.4, 0.5) is 0 Å². The van der Waals surface area contributed by atoms with Gasteiger partial charge < -0.3 is 14.8 Å². The Kier molecular flexibility index (Phi) is 7.80. The van der Waals surface area contributed by atoms with Gasteiger partial charge in [-0.3, -0.25) is 9.69 Å². The highest BCUT2D eigenvalue weighted by atomic mass is 35.5. The van der Waals surface area contributed by atoms with Gasteiger partial charge in [0, 0.05) is 36.2 Å². The number of aliphatic hydroxyl groups excluding tert-OH is 1. The fourth-order valence-electron chi connectivity index (χ4n) is 3.30. The van der Waals surface area contributed by atoms with Gasteiger partial charge in [-0.15, -0.1) is 11.3 Å². The summed E-state index contributed by atoms with van der Waals surface area (Å²) in [6, 6.07) is 7.43. The van der Waals surface area contributed by atoms with E-state index in [0.717, 1.165) is 24.0 Å². The summed E-state index contributed by atoms with van der Waals surface area (Å²) in [6.45, 7) is 4.21. The van der Waals surface area contributed by atoms with Crippen molar-refractivity contribution in [2.75, 3.05) is 26.8 Å². The Morgan fingerprint density at radius 3 is 2.79 bits per heavy atom. The first-order valence-electron chi connectivity index (χ1n) is 9.67. The van der Waals surface area contributed by atoms with Gasteiger partial charge in [0.2, 0.25) is 0 Å². The third kappa shape index (κ3) is 5.65. The summed E-state index contributed by atoms with van der Waals surface area (Å²) in [5.74, 6) is 0.590. The van der Waals surface area contributed by atoms with E-state index in [-0.39, 0.29) is 5.56 Å². The molecular formula is C21H26ClN3O3S. The van der Waals surface area contributed by atoms with Crippen LogP contribution >= 0.6 is 22.9 Å². The van der Waals surface area contributed by atoms with E-state index in [4.69, 9.17) is 16.3 Å². The van der Waals surface area contributed by atoms with Crippen molar-refractivity contribution in [3.8, 4) is 11.1 Å². The summed E-state index contributed by atoms with van der Waals surface area (Å²) < 4.78 is 5.18. The number of hydrogen-bond acceptors (Lipinski definition) is 6. The molecule has 2 N–H and O–H groups in total. The number of methoxy groups -OCH3 is 1. The van der Waals surface area contributed by atoms with Crippen molar-refractivity contribution in [3.63, 3.8) is 0 Å². The lowest BCUT2D eigenvalue weighted by molar-refractivity contribution is 0.0787. The molecule has 0 aliphatic heterocycles. The molecule has 6 nitrogen and oxygen atoms in total. The minimum atomic E-state index is -0.412. The Morgan fingerprint density at radius 1 is 1.34 bits per heavy atom. The average molecular weight is 436 g/mol. The zero-order valence-electron chi connectivity index (χ0n) is 16.7. The maximum Gasteiger partial charge on any atom is 0.260 e. The van der Waals surface area contributed by atoms with Crippen LogP contribution in [0.25, 0.3) is 21.3 Å². The van der Waals surface area contributed by atoms with E-state index >= 15 is 0 Å². The Labute approximate surface area is 179 Å². The first-order valence-corrected chi connectivity index (χ1v) is 10.9. The van der Waals surface area contributed by atoms with Crippen LogP contribution in [0.5, 0.6) is 0 Å². The van der Waals surface area contributed by atoms with E-state index in [0.29, 0.717) is 47.3 Å². The summed E-state index contributed by atoms with van der Waals surface area (Å²) in [6.07, 6.45) is 1.25. The van der Waals surface area contributed by atoms with E-state index in [1.54, 1.807) is 7.11 Å². The fraction of sp³-hybridized carbons (Fsp3) is 0.429. The number of nitrogens with one attached hydrogen (secondary N) is 1. The maximum atomic E-state index is 12.8. The van der Waals surface area contributed by atoms with Gasteiger partial charge in [0.1, 0.15) is 10.7 Å². The van der Waals surface area contributed by atoms with Crippen LogP contribution in [0.3, 0.4) is 0 Å². The number of thiophene rings is 1. The second kappa shape index (κ2) is 10.3. The Hall–Kier alpha value is -1.77. The van der Waals surface area contributed by atoms with Crippen molar-refractivity contribution in [1.29, 1.82) is 0 Å². The van der Waals surface area contributed by atoms with Gasteiger partial charge in [0.05, 0.1) is 24.6 Å². The molecule has 1 atom stereocenters. The molecule has 8 heteroatoms. The third-order valence-electron chi connectivity index (χ3n) is 4.72. The van der Waals surface area contributed by atoms with Crippen molar-refractivity contribution in [2.45, 2.75) is 32.4 Å². The normalized spacial score (nSPS) is 12.7. The Morgan fingerprint density at radius 2 is 2.10 bits per heavy atom. The van der Waals surface area contributed by atoms with Crippen molar-refractivity contribution >= 4 is 33.2 Å². The number of nitrogens with zero attached hydrogens (tertiary/aromatic N) is 2.